The van der Waals surface area contributed by atoms with E-state index in [4.69, 9.17) is 31.2 Å². The molecule has 2 amide bonds. The minimum Gasteiger partial charge on any atom is -0.497 e. The third-order valence-electron chi connectivity index (χ3n) is 4.46. The largest absolute Gasteiger partial charge is 0.497 e. The molecule has 1 aliphatic rings. The maximum atomic E-state index is 13.2. The molecule has 0 bridgehead atoms. The number of rotatable bonds is 6. The van der Waals surface area contributed by atoms with E-state index in [2.05, 4.69) is 5.32 Å². The molecule has 1 fully saturated rings. The second kappa shape index (κ2) is 8.83. The number of carbonyl (C=O) groups excluding carboxylic acids is 2. The highest BCUT2D eigenvalue weighted by Gasteiger charge is 2.35. The summed E-state index contributed by atoms with van der Waals surface area (Å²) < 4.78 is 21.3. The molecular formula is C21H20N2O6S. The summed E-state index contributed by atoms with van der Waals surface area (Å²) in [5, 5.41) is 2.52. The van der Waals surface area contributed by atoms with Gasteiger partial charge in [0, 0.05) is 18.2 Å². The van der Waals surface area contributed by atoms with E-state index in [-0.39, 0.29) is 10.7 Å². The van der Waals surface area contributed by atoms with Gasteiger partial charge in [0.1, 0.15) is 28.6 Å². The second-order valence-corrected chi connectivity index (χ2v) is 6.49. The highest BCUT2D eigenvalue weighted by atomic mass is 32.1. The van der Waals surface area contributed by atoms with Crippen molar-refractivity contribution in [1.29, 1.82) is 0 Å². The Bertz CT molecular complexity index is 1020. The summed E-state index contributed by atoms with van der Waals surface area (Å²) in [6.07, 6.45) is 1.41. The number of thiocarbonyl (C=S) groups is 1. The number of ether oxygens (including phenoxy) is 4. The first-order valence-electron chi connectivity index (χ1n) is 8.79. The summed E-state index contributed by atoms with van der Waals surface area (Å²) in [7, 11) is 5.97. The molecule has 0 aromatic heterocycles. The molecular weight excluding hydrogens is 408 g/mol. The van der Waals surface area contributed by atoms with E-state index in [1.807, 2.05) is 0 Å². The van der Waals surface area contributed by atoms with Crippen molar-refractivity contribution in [2.45, 2.75) is 0 Å². The molecule has 0 saturated carbocycles. The van der Waals surface area contributed by atoms with Crippen LogP contribution in [0.4, 0.5) is 5.69 Å². The van der Waals surface area contributed by atoms with Gasteiger partial charge in [-0.25, -0.2) is 0 Å². The minimum atomic E-state index is -0.621. The average molecular weight is 428 g/mol. The number of nitrogens with zero attached hydrogens (tertiary/aromatic N) is 1. The lowest BCUT2D eigenvalue weighted by Crippen LogP contribution is -2.54. The van der Waals surface area contributed by atoms with E-state index < -0.39 is 11.8 Å². The highest BCUT2D eigenvalue weighted by molar-refractivity contribution is 7.80. The molecule has 3 rings (SSSR count). The molecule has 1 heterocycles. The van der Waals surface area contributed by atoms with Gasteiger partial charge < -0.3 is 18.9 Å². The third kappa shape index (κ3) is 3.92. The fourth-order valence-electron chi connectivity index (χ4n) is 2.96. The zero-order chi connectivity index (χ0) is 21.8. The lowest BCUT2D eigenvalue weighted by Gasteiger charge is -2.29. The molecule has 9 heteroatoms. The van der Waals surface area contributed by atoms with Crippen molar-refractivity contribution in [3.8, 4) is 23.0 Å². The number of hydrogen-bond acceptors (Lipinski definition) is 7. The SMILES string of the molecule is COc1cccc(N2C(=O)/C(=C\c3c(OC)cc(OC)cc3OC)C(=O)NC2=S)c1. The van der Waals surface area contributed by atoms with Crippen LogP contribution in [-0.2, 0) is 9.59 Å². The Labute approximate surface area is 179 Å². The van der Waals surface area contributed by atoms with Crippen molar-refractivity contribution < 1.29 is 28.5 Å². The van der Waals surface area contributed by atoms with Crippen molar-refractivity contribution in [2.24, 2.45) is 0 Å². The van der Waals surface area contributed by atoms with Crippen LogP contribution in [0.25, 0.3) is 6.08 Å². The van der Waals surface area contributed by atoms with E-state index in [0.29, 0.717) is 34.2 Å². The number of amides is 2. The molecule has 8 nitrogen and oxygen atoms in total. The fourth-order valence-corrected chi connectivity index (χ4v) is 3.24. The summed E-state index contributed by atoms with van der Waals surface area (Å²) in [6, 6.07) is 10.1. The number of methoxy groups -OCH3 is 4. The fraction of sp³-hybridized carbons (Fsp3) is 0.190. The van der Waals surface area contributed by atoms with Gasteiger partial charge in [-0.3, -0.25) is 19.8 Å². The zero-order valence-electron chi connectivity index (χ0n) is 16.8. The van der Waals surface area contributed by atoms with Gasteiger partial charge in [0.15, 0.2) is 5.11 Å². The maximum absolute atomic E-state index is 13.2. The molecule has 1 aliphatic heterocycles. The van der Waals surface area contributed by atoms with Crippen molar-refractivity contribution in [2.75, 3.05) is 33.3 Å². The molecule has 0 radical (unpaired) electrons. The van der Waals surface area contributed by atoms with Gasteiger partial charge in [-0.2, -0.15) is 0 Å². The number of hydrogen-bond donors (Lipinski definition) is 1. The van der Waals surface area contributed by atoms with Gasteiger partial charge in [0.05, 0.1) is 39.7 Å². The van der Waals surface area contributed by atoms with Gasteiger partial charge in [-0.1, -0.05) is 6.07 Å². The smallest absolute Gasteiger partial charge is 0.270 e. The summed E-state index contributed by atoms with van der Waals surface area (Å²) in [4.78, 5) is 27.1. The van der Waals surface area contributed by atoms with Crippen LogP contribution in [0.5, 0.6) is 23.0 Å². The second-order valence-electron chi connectivity index (χ2n) is 6.10. The van der Waals surface area contributed by atoms with Gasteiger partial charge in [-0.05, 0) is 30.4 Å². The Morgan fingerprint density at radius 3 is 2.10 bits per heavy atom. The van der Waals surface area contributed by atoms with Crippen molar-refractivity contribution in [3.05, 3.63) is 47.5 Å². The van der Waals surface area contributed by atoms with E-state index in [0.717, 1.165) is 0 Å². The highest BCUT2D eigenvalue weighted by Crippen LogP contribution is 2.36. The van der Waals surface area contributed by atoms with Gasteiger partial charge in [0.25, 0.3) is 11.8 Å². The average Bonchev–Trinajstić information content (AvgIpc) is 2.76. The van der Waals surface area contributed by atoms with Crippen LogP contribution in [0.2, 0.25) is 0 Å². The number of carbonyl (C=O) groups is 2. The van der Waals surface area contributed by atoms with E-state index >= 15 is 0 Å². The zero-order valence-corrected chi connectivity index (χ0v) is 17.7. The lowest BCUT2D eigenvalue weighted by molar-refractivity contribution is -0.122. The Kier molecular flexibility index (Phi) is 6.22. The van der Waals surface area contributed by atoms with Crippen molar-refractivity contribution in [3.63, 3.8) is 0 Å². The van der Waals surface area contributed by atoms with Gasteiger partial charge in [-0.15, -0.1) is 0 Å². The first-order valence-corrected chi connectivity index (χ1v) is 9.19. The number of nitrogens with one attached hydrogen (secondary N) is 1. The summed E-state index contributed by atoms with van der Waals surface area (Å²) in [5.74, 6) is 0.593. The molecule has 0 spiro atoms. The molecule has 2 aromatic carbocycles. The molecule has 0 atom stereocenters. The van der Waals surface area contributed by atoms with E-state index in [9.17, 15) is 9.59 Å². The first kappa shape index (κ1) is 21.1. The molecule has 30 heavy (non-hydrogen) atoms. The van der Waals surface area contributed by atoms with E-state index in [1.165, 1.54) is 39.4 Å². The molecule has 1 saturated heterocycles. The predicted molar refractivity (Wildman–Crippen MR) is 115 cm³/mol. The van der Waals surface area contributed by atoms with E-state index in [1.54, 1.807) is 36.4 Å². The lowest BCUT2D eigenvalue weighted by atomic mass is 10.0. The normalized spacial score (nSPS) is 15.1. The third-order valence-corrected chi connectivity index (χ3v) is 4.74. The standard InChI is InChI=1S/C21H20N2O6S/c1-26-13-7-5-6-12(8-13)23-20(25)16(19(24)22-21(23)30)11-15-17(28-3)9-14(27-2)10-18(15)29-4/h5-11H,1-4H3,(H,22,24,30)/b16-11-. The van der Waals surface area contributed by atoms with Crippen LogP contribution in [0, 0.1) is 0 Å². The summed E-state index contributed by atoms with van der Waals surface area (Å²) in [5.41, 5.74) is 0.745. The Balaban J connectivity index is 2.11. The molecule has 156 valence electrons. The topological polar surface area (TPSA) is 86.3 Å². The van der Waals surface area contributed by atoms with Gasteiger partial charge >= 0.3 is 0 Å². The van der Waals surface area contributed by atoms with Crippen LogP contribution in [0.15, 0.2) is 42.0 Å². The van der Waals surface area contributed by atoms with Crippen molar-refractivity contribution >= 4 is 40.9 Å². The van der Waals surface area contributed by atoms with Crippen LogP contribution >= 0.6 is 12.2 Å². The quantitative estimate of drug-likeness (QED) is 0.430. The Morgan fingerprint density at radius 1 is 0.900 bits per heavy atom. The molecule has 1 N–H and O–H groups in total. The van der Waals surface area contributed by atoms with Crippen LogP contribution in [0.1, 0.15) is 5.56 Å². The minimum absolute atomic E-state index is 0.0240. The molecule has 0 unspecified atom stereocenters. The van der Waals surface area contributed by atoms with Gasteiger partial charge in [0.2, 0.25) is 0 Å². The number of benzene rings is 2. The monoisotopic (exact) mass is 428 g/mol. The van der Waals surface area contributed by atoms with Crippen LogP contribution in [0.3, 0.4) is 0 Å². The predicted octanol–water partition coefficient (Wildman–Crippen LogP) is 2.55. The number of anilines is 1. The van der Waals surface area contributed by atoms with Crippen LogP contribution < -0.4 is 29.2 Å². The molecule has 2 aromatic rings. The Morgan fingerprint density at radius 2 is 1.53 bits per heavy atom. The van der Waals surface area contributed by atoms with Crippen LogP contribution in [-0.4, -0.2) is 45.4 Å². The summed E-state index contributed by atoms with van der Waals surface area (Å²) >= 11 is 5.23. The summed E-state index contributed by atoms with van der Waals surface area (Å²) in [6.45, 7) is 0. The van der Waals surface area contributed by atoms with Crippen molar-refractivity contribution in [1.82, 2.24) is 5.32 Å². The first-order chi connectivity index (χ1) is 14.4. The Hall–Kier alpha value is -3.59. The maximum Gasteiger partial charge on any atom is 0.270 e. The molecule has 0 aliphatic carbocycles.